The minimum atomic E-state index is -0.540. The first-order valence-electron chi connectivity index (χ1n) is 6.65. The Morgan fingerprint density at radius 3 is 2.40 bits per heavy atom. The molecule has 2 N–H and O–H groups in total. The number of aryl methyl sites for hydroxylation is 1. The first-order chi connectivity index (χ1) is 9.47. The van der Waals surface area contributed by atoms with Crippen LogP contribution in [0.5, 0.6) is 0 Å². The molecule has 20 heavy (non-hydrogen) atoms. The van der Waals surface area contributed by atoms with Crippen molar-refractivity contribution in [2.45, 2.75) is 32.0 Å². The van der Waals surface area contributed by atoms with Crippen LogP contribution in [0.3, 0.4) is 0 Å². The molecule has 3 atom stereocenters. The van der Waals surface area contributed by atoms with Crippen LogP contribution in [-0.4, -0.2) is 20.9 Å². The Kier molecular flexibility index (Phi) is 4.96. The predicted octanol–water partition coefficient (Wildman–Crippen LogP) is 2.96. The molecule has 0 aliphatic heterocycles. The molecule has 0 amide bonds. The Hall–Kier alpha value is -1.17. The number of aliphatic hydroxyl groups excluding tert-OH is 1. The molecule has 0 saturated carbocycles. The van der Waals surface area contributed by atoms with Crippen LogP contribution in [0.1, 0.15) is 37.1 Å². The molecule has 5 heteroatoms. The molecule has 0 spiro atoms. The topological polar surface area (TPSA) is 50.1 Å². The monoisotopic (exact) mass is 337 g/mol. The predicted molar refractivity (Wildman–Crippen MR) is 83.3 cm³/mol. The standard InChI is InChI=1S/C15H20BrN3O/c1-10(13-8-17-19(3)9-13)18-11(2)15(20)12-4-6-14(16)7-5-12/h4-11,15,18,20H,1-3H3. The van der Waals surface area contributed by atoms with Crippen molar-refractivity contribution in [3.63, 3.8) is 0 Å². The first-order valence-corrected chi connectivity index (χ1v) is 7.45. The molecule has 1 heterocycles. The summed E-state index contributed by atoms with van der Waals surface area (Å²) in [4.78, 5) is 0. The van der Waals surface area contributed by atoms with Gasteiger partial charge in [-0.25, -0.2) is 0 Å². The molecular weight excluding hydrogens is 318 g/mol. The Morgan fingerprint density at radius 2 is 1.85 bits per heavy atom. The summed E-state index contributed by atoms with van der Waals surface area (Å²) in [5, 5.41) is 18.0. The molecule has 0 radical (unpaired) electrons. The highest BCUT2D eigenvalue weighted by Gasteiger charge is 2.19. The van der Waals surface area contributed by atoms with E-state index in [2.05, 4.69) is 33.3 Å². The highest BCUT2D eigenvalue weighted by atomic mass is 79.9. The highest BCUT2D eigenvalue weighted by Crippen LogP contribution is 2.21. The fourth-order valence-corrected chi connectivity index (χ4v) is 2.46. The van der Waals surface area contributed by atoms with E-state index in [0.717, 1.165) is 15.6 Å². The lowest BCUT2D eigenvalue weighted by Gasteiger charge is -2.24. The molecule has 0 saturated heterocycles. The van der Waals surface area contributed by atoms with Crippen LogP contribution in [0.15, 0.2) is 41.1 Å². The molecular formula is C15H20BrN3O. The largest absolute Gasteiger partial charge is 0.387 e. The van der Waals surface area contributed by atoms with Crippen molar-refractivity contribution in [2.75, 3.05) is 0 Å². The van der Waals surface area contributed by atoms with E-state index in [9.17, 15) is 5.11 Å². The van der Waals surface area contributed by atoms with Gasteiger partial charge >= 0.3 is 0 Å². The molecule has 1 aromatic heterocycles. The van der Waals surface area contributed by atoms with Crippen LogP contribution < -0.4 is 5.32 Å². The lowest BCUT2D eigenvalue weighted by Crippen LogP contribution is -2.34. The molecule has 0 aliphatic carbocycles. The van der Waals surface area contributed by atoms with Crippen LogP contribution in [0.4, 0.5) is 0 Å². The van der Waals surface area contributed by atoms with Gasteiger partial charge in [0.15, 0.2) is 0 Å². The van der Waals surface area contributed by atoms with E-state index in [1.807, 2.05) is 50.6 Å². The third-order valence-corrected chi connectivity index (χ3v) is 3.95. The zero-order valence-corrected chi connectivity index (χ0v) is 13.5. The van der Waals surface area contributed by atoms with Crippen LogP contribution in [0.2, 0.25) is 0 Å². The number of nitrogens with one attached hydrogen (secondary N) is 1. The minimum Gasteiger partial charge on any atom is -0.387 e. The maximum absolute atomic E-state index is 10.4. The quantitative estimate of drug-likeness (QED) is 0.881. The number of nitrogens with zero attached hydrogens (tertiary/aromatic N) is 2. The van der Waals surface area contributed by atoms with Crippen LogP contribution >= 0.6 is 15.9 Å². The lowest BCUT2D eigenvalue weighted by atomic mass is 10.0. The van der Waals surface area contributed by atoms with Crippen LogP contribution in [0.25, 0.3) is 0 Å². The molecule has 0 fully saturated rings. The van der Waals surface area contributed by atoms with Gasteiger partial charge in [0.05, 0.1) is 12.3 Å². The minimum absolute atomic E-state index is 0.0496. The number of hydrogen-bond acceptors (Lipinski definition) is 3. The maximum atomic E-state index is 10.4. The van der Waals surface area contributed by atoms with Crippen molar-refractivity contribution < 1.29 is 5.11 Å². The summed E-state index contributed by atoms with van der Waals surface area (Å²) < 4.78 is 2.79. The van der Waals surface area contributed by atoms with E-state index >= 15 is 0 Å². The third kappa shape index (κ3) is 3.69. The first kappa shape index (κ1) is 15.2. The Balaban J connectivity index is 2.00. The van der Waals surface area contributed by atoms with Gasteiger partial charge in [0, 0.05) is 35.4 Å². The van der Waals surface area contributed by atoms with Crippen molar-refractivity contribution in [2.24, 2.45) is 7.05 Å². The Morgan fingerprint density at radius 1 is 1.20 bits per heavy atom. The second-order valence-electron chi connectivity index (χ2n) is 5.12. The van der Waals surface area contributed by atoms with E-state index < -0.39 is 6.10 Å². The zero-order chi connectivity index (χ0) is 14.7. The molecule has 0 aliphatic rings. The van der Waals surface area contributed by atoms with Gasteiger partial charge in [0.2, 0.25) is 0 Å². The SMILES string of the molecule is CC(NC(C)C(O)c1ccc(Br)cc1)c1cnn(C)c1. The number of hydrogen-bond donors (Lipinski definition) is 2. The smallest absolute Gasteiger partial charge is 0.0940 e. The normalized spacial score (nSPS) is 15.8. The van der Waals surface area contributed by atoms with Gasteiger partial charge in [-0.1, -0.05) is 28.1 Å². The van der Waals surface area contributed by atoms with Crippen LogP contribution in [-0.2, 0) is 7.05 Å². The van der Waals surface area contributed by atoms with Gasteiger partial charge in [-0.2, -0.15) is 5.10 Å². The average molecular weight is 338 g/mol. The number of halogens is 1. The van der Waals surface area contributed by atoms with Gasteiger partial charge in [-0.05, 0) is 31.5 Å². The Bertz CT molecular complexity index is 553. The number of aliphatic hydroxyl groups is 1. The van der Waals surface area contributed by atoms with Crippen molar-refractivity contribution in [3.8, 4) is 0 Å². The summed E-state index contributed by atoms with van der Waals surface area (Å²) >= 11 is 3.40. The molecule has 2 rings (SSSR count). The van der Waals surface area contributed by atoms with Crippen LogP contribution in [0, 0.1) is 0 Å². The van der Waals surface area contributed by atoms with Crippen molar-refractivity contribution in [1.82, 2.24) is 15.1 Å². The molecule has 1 aromatic carbocycles. The van der Waals surface area contributed by atoms with E-state index in [-0.39, 0.29) is 12.1 Å². The molecule has 0 bridgehead atoms. The summed E-state index contributed by atoms with van der Waals surface area (Å²) in [5.74, 6) is 0. The van der Waals surface area contributed by atoms with E-state index in [1.54, 1.807) is 4.68 Å². The fourth-order valence-electron chi connectivity index (χ4n) is 2.19. The summed E-state index contributed by atoms with van der Waals surface area (Å²) in [7, 11) is 1.90. The highest BCUT2D eigenvalue weighted by molar-refractivity contribution is 9.10. The molecule has 108 valence electrons. The van der Waals surface area contributed by atoms with E-state index in [1.165, 1.54) is 0 Å². The number of benzene rings is 1. The second kappa shape index (κ2) is 6.52. The lowest BCUT2D eigenvalue weighted by molar-refractivity contribution is 0.130. The van der Waals surface area contributed by atoms with Gasteiger partial charge in [-0.15, -0.1) is 0 Å². The van der Waals surface area contributed by atoms with Gasteiger partial charge in [0.1, 0.15) is 0 Å². The van der Waals surface area contributed by atoms with E-state index in [0.29, 0.717) is 0 Å². The molecule has 3 unspecified atom stereocenters. The molecule has 2 aromatic rings. The Labute approximate surface area is 127 Å². The van der Waals surface area contributed by atoms with Crippen molar-refractivity contribution in [1.29, 1.82) is 0 Å². The summed E-state index contributed by atoms with van der Waals surface area (Å²) in [6.45, 7) is 4.06. The maximum Gasteiger partial charge on any atom is 0.0940 e. The average Bonchev–Trinajstić information content (AvgIpc) is 2.85. The van der Waals surface area contributed by atoms with Gasteiger partial charge in [-0.3, -0.25) is 4.68 Å². The van der Waals surface area contributed by atoms with Gasteiger partial charge < -0.3 is 10.4 Å². The number of aromatic nitrogens is 2. The molecule has 4 nitrogen and oxygen atoms in total. The van der Waals surface area contributed by atoms with Crippen molar-refractivity contribution >= 4 is 15.9 Å². The summed E-state index contributed by atoms with van der Waals surface area (Å²) in [5.41, 5.74) is 2.02. The zero-order valence-electron chi connectivity index (χ0n) is 11.9. The number of rotatable bonds is 5. The second-order valence-corrected chi connectivity index (χ2v) is 6.04. The summed E-state index contributed by atoms with van der Waals surface area (Å²) in [6, 6.07) is 7.84. The van der Waals surface area contributed by atoms with Crippen molar-refractivity contribution in [3.05, 3.63) is 52.3 Å². The summed E-state index contributed by atoms with van der Waals surface area (Å²) in [6.07, 6.45) is 3.29. The fraction of sp³-hybridized carbons (Fsp3) is 0.400. The van der Waals surface area contributed by atoms with Gasteiger partial charge in [0.25, 0.3) is 0 Å². The van der Waals surface area contributed by atoms with E-state index in [4.69, 9.17) is 0 Å². The third-order valence-electron chi connectivity index (χ3n) is 3.42.